The van der Waals surface area contributed by atoms with E-state index in [-0.39, 0.29) is 5.82 Å². The van der Waals surface area contributed by atoms with E-state index in [0.29, 0.717) is 32.5 Å². The molecule has 0 amide bonds. The summed E-state index contributed by atoms with van der Waals surface area (Å²) in [6.45, 7) is 0. The van der Waals surface area contributed by atoms with Crippen molar-refractivity contribution in [1.82, 2.24) is 24.7 Å². The summed E-state index contributed by atoms with van der Waals surface area (Å²) < 4.78 is 27.7. The van der Waals surface area contributed by atoms with Crippen LogP contribution in [0.3, 0.4) is 0 Å². The number of pyridine rings is 1. The minimum absolute atomic E-state index is 0.255. The van der Waals surface area contributed by atoms with E-state index in [2.05, 4.69) is 25.4 Å². The molecule has 27 heavy (non-hydrogen) atoms. The van der Waals surface area contributed by atoms with Crippen LogP contribution in [0.1, 0.15) is 12.2 Å². The quantitative estimate of drug-likeness (QED) is 0.504. The Morgan fingerprint density at radius 1 is 1.07 bits per heavy atom. The maximum Gasteiger partial charge on any atom is 0.297 e. The van der Waals surface area contributed by atoms with Crippen molar-refractivity contribution in [2.24, 2.45) is 0 Å². The molecule has 4 rings (SSSR count). The second-order valence-electron chi connectivity index (χ2n) is 5.51. The van der Waals surface area contributed by atoms with Crippen LogP contribution in [0.2, 0.25) is 10.0 Å². The van der Waals surface area contributed by atoms with Crippen LogP contribution < -0.4 is 5.32 Å². The summed E-state index contributed by atoms with van der Waals surface area (Å²) in [7, 11) is 0. The van der Waals surface area contributed by atoms with Gasteiger partial charge in [-0.3, -0.25) is 0 Å². The van der Waals surface area contributed by atoms with Crippen molar-refractivity contribution < 1.29 is 8.78 Å². The monoisotopic (exact) mass is 406 g/mol. The number of para-hydroxylation sites is 1. The highest BCUT2D eigenvalue weighted by molar-refractivity contribution is 6.35. The summed E-state index contributed by atoms with van der Waals surface area (Å²) >= 11 is 12.0. The van der Waals surface area contributed by atoms with E-state index in [1.54, 1.807) is 36.5 Å². The fourth-order valence-corrected chi connectivity index (χ4v) is 2.97. The molecule has 0 aliphatic carbocycles. The van der Waals surface area contributed by atoms with Gasteiger partial charge in [0, 0.05) is 11.6 Å². The highest BCUT2D eigenvalue weighted by Gasteiger charge is 2.16. The van der Waals surface area contributed by atoms with E-state index in [4.69, 9.17) is 23.2 Å². The molecule has 0 aliphatic heterocycles. The molecule has 0 spiro atoms. The van der Waals surface area contributed by atoms with E-state index in [9.17, 15) is 8.78 Å². The summed E-state index contributed by atoms with van der Waals surface area (Å²) in [5, 5.41) is 8.52. The fraction of sp³-hybridized carbons (Fsp3) is 0.0588. The van der Waals surface area contributed by atoms with Crippen LogP contribution in [-0.2, 0) is 0 Å². The summed E-state index contributed by atoms with van der Waals surface area (Å²) in [5.41, 5.74) is 0.937. The standard InChI is InChI=1S/C17H10Cl2F2N6/c18-9-5-12(19)17(22-6-9)27-8-10(7-23-27)24-15-11-3-1-2-4-13(11)25-16(26-15)14(20)21/h1-8,14H,(H,24,25,26). The van der Waals surface area contributed by atoms with E-state index in [1.165, 1.54) is 17.1 Å². The number of aromatic nitrogens is 5. The molecule has 1 N–H and O–H groups in total. The Labute approximate surface area is 161 Å². The molecular weight excluding hydrogens is 397 g/mol. The molecule has 0 saturated heterocycles. The van der Waals surface area contributed by atoms with Gasteiger partial charge in [0.25, 0.3) is 6.43 Å². The van der Waals surface area contributed by atoms with Gasteiger partial charge in [0.15, 0.2) is 11.6 Å². The number of fused-ring (bicyclic) bond motifs is 1. The van der Waals surface area contributed by atoms with E-state index in [1.807, 2.05) is 0 Å². The highest BCUT2D eigenvalue weighted by Crippen LogP contribution is 2.28. The van der Waals surface area contributed by atoms with Crippen LogP contribution in [-0.4, -0.2) is 24.7 Å². The zero-order valence-electron chi connectivity index (χ0n) is 13.4. The molecule has 6 nitrogen and oxygen atoms in total. The van der Waals surface area contributed by atoms with Crippen LogP contribution in [0.5, 0.6) is 0 Å². The average Bonchev–Trinajstić information content (AvgIpc) is 3.09. The lowest BCUT2D eigenvalue weighted by atomic mass is 10.2. The van der Waals surface area contributed by atoms with Crippen LogP contribution in [0.25, 0.3) is 16.7 Å². The maximum absolute atomic E-state index is 13.1. The second-order valence-corrected chi connectivity index (χ2v) is 6.35. The van der Waals surface area contributed by atoms with Crippen molar-refractivity contribution in [3.8, 4) is 5.82 Å². The van der Waals surface area contributed by atoms with Gasteiger partial charge < -0.3 is 5.32 Å². The van der Waals surface area contributed by atoms with E-state index in [0.717, 1.165) is 0 Å². The van der Waals surface area contributed by atoms with Gasteiger partial charge in [-0.15, -0.1) is 0 Å². The van der Waals surface area contributed by atoms with Gasteiger partial charge in [0.2, 0.25) is 0 Å². The number of nitrogens with zero attached hydrogens (tertiary/aromatic N) is 5. The van der Waals surface area contributed by atoms with E-state index < -0.39 is 12.2 Å². The van der Waals surface area contributed by atoms with Gasteiger partial charge >= 0.3 is 0 Å². The number of rotatable bonds is 4. The Morgan fingerprint density at radius 3 is 2.67 bits per heavy atom. The lowest BCUT2D eigenvalue weighted by Crippen LogP contribution is -2.02. The van der Waals surface area contributed by atoms with Crippen molar-refractivity contribution in [2.45, 2.75) is 6.43 Å². The number of anilines is 2. The lowest BCUT2D eigenvalue weighted by Gasteiger charge is -2.09. The molecule has 10 heteroatoms. The van der Waals surface area contributed by atoms with Crippen LogP contribution in [0, 0.1) is 0 Å². The minimum Gasteiger partial charge on any atom is -0.337 e. The van der Waals surface area contributed by atoms with Crippen molar-refractivity contribution >= 4 is 45.6 Å². The van der Waals surface area contributed by atoms with Gasteiger partial charge in [0.05, 0.1) is 33.6 Å². The molecule has 0 aliphatic rings. The molecule has 0 radical (unpaired) electrons. The summed E-state index contributed by atoms with van der Waals surface area (Å²) in [5.74, 6) is 0.0894. The Bertz CT molecular complexity index is 1130. The molecule has 0 saturated carbocycles. The summed E-state index contributed by atoms with van der Waals surface area (Å²) in [4.78, 5) is 12.0. The first-order chi connectivity index (χ1) is 13.0. The van der Waals surface area contributed by atoms with Gasteiger partial charge in [-0.1, -0.05) is 35.3 Å². The first-order valence-electron chi connectivity index (χ1n) is 7.69. The predicted octanol–water partition coefficient (Wildman–Crippen LogP) is 5.20. The normalized spacial score (nSPS) is 11.3. The third-order valence-corrected chi connectivity index (χ3v) is 4.15. The SMILES string of the molecule is FC(F)c1nc(Nc2cnn(-c3ncc(Cl)cc3Cl)c2)c2ccccc2n1. The molecule has 1 aromatic carbocycles. The Hall–Kier alpha value is -2.84. The fourth-order valence-electron chi connectivity index (χ4n) is 2.50. The van der Waals surface area contributed by atoms with Gasteiger partial charge in [-0.05, 0) is 18.2 Å². The maximum atomic E-state index is 13.1. The van der Waals surface area contributed by atoms with Crippen molar-refractivity contribution in [2.75, 3.05) is 5.32 Å². The zero-order valence-corrected chi connectivity index (χ0v) is 15.0. The zero-order chi connectivity index (χ0) is 19.0. The second kappa shape index (κ2) is 7.05. The van der Waals surface area contributed by atoms with Gasteiger partial charge in [-0.25, -0.2) is 28.4 Å². The number of hydrogen-bond donors (Lipinski definition) is 1. The third kappa shape index (κ3) is 3.54. The molecule has 0 atom stereocenters. The van der Waals surface area contributed by atoms with Crippen molar-refractivity contribution in [3.05, 3.63) is 64.8 Å². The molecule has 3 heterocycles. The van der Waals surface area contributed by atoms with Crippen molar-refractivity contribution in [3.63, 3.8) is 0 Å². The third-order valence-electron chi connectivity index (χ3n) is 3.67. The smallest absolute Gasteiger partial charge is 0.297 e. The molecule has 0 unspecified atom stereocenters. The number of nitrogens with one attached hydrogen (secondary N) is 1. The topological polar surface area (TPSA) is 68.5 Å². The Balaban J connectivity index is 1.72. The molecular formula is C17H10Cl2F2N6. The van der Waals surface area contributed by atoms with E-state index >= 15 is 0 Å². The molecule has 3 aromatic heterocycles. The van der Waals surface area contributed by atoms with Crippen LogP contribution >= 0.6 is 23.2 Å². The van der Waals surface area contributed by atoms with Crippen LogP contribution in [0.15, 0.2) is 48.9 Å². The van der Waals surface area contributed by atoms with Crippen LogP contribution in [0.4, 0.5) is 20.3 Å². The average molecular weight is 407 g/mol. The molecule has 0 bridgehead atoms. The number of halogens is 4. The largest absolute Gasteiger partial charge is 0.337 e. The predicted molar refractivity (Wildman–Crippen MR) is 99.2 cm³/mol. The highest BCUT2D eigenvalue weighted by atomic mass is 35.5. The van der Waals surface area contributed by atoms with Gasteiger partial charge in [-0.2, -0.15) is 5.10 Å². The van der Waals surface area contributed by atoms with Gasteiger partial charge in [0.1, 0.15) is 5.82 Å². The Kier molecular flexibility index (Phi) is 4.59. The first kappa shape index (κ1) is 17.6. The lowest BCUT2D eigenvalue weighted by molar-refractivity contribution is 0.141. The van der Waals surface area contributed by atoms with Crippen molar-refractivity contribution in [1.29, 1.82) is 0 Å². The molecule has 0 fully saturated rings. The molecule has 136 valence electrons. The summed E-state index contributed by atoms with van der Waals surface area (Å²) in [6.07, 6.45) is 1.78. The number of hydrogen-bond acceptors (Lipinski definition) is 5. The number of benzene rings is 1. The molecule has 4 aromatic rings. The summed E-state index contributed by atoms with van der Waals surface area (Å²) in [6, 6.07) is 8.44. The first-order valence-corrected chi connectivity index (χ1v) is 8.45. The Morgan fingerprint density at radius 2 is 1.89 bits per heavy atom. The number of alkyl halides is 2. The minimum atomic E-state index is -2.78.